The van der Waals surface area contributed by atoms with Crippen molar-refractivity contribution in [3.05, 3.63) is 57.3 Å². The van der Waals surface area contributed by atoms with Crippen LogP contribution in [0.5, 0.6) is 5.75 Å². The lowest BCUT2D eigenvalue weighted by atomic mass is 10.2. The smallest absolute Gasteiger partial charge is 0.183 e. The number of benzene rings is 1. The summed E-state index contributed by atoms with van der Waals surface area (Å²) in [6.07, 6.45) is 3.82. The normalized spacial score (nSPS) is 10.8. The van der Waals surface area contributed by atoms with Gasteiger partial charge in [0.05, 0.1) is 12.2 Å². The van der Waals surface area contributed by atoms with E-state index in [9.17, 15) is 0 Å². The molecule has 0 spiro atoms. The van der Waals surface area contributed by atoms with Gasteiger partial charge >= 0.3 is 0 Å². The number of hydrogen-bond acceptors (Lipinski definition) is 5. The Morgan fingerprint density at radius 3 is 2.71 bits per heavy atom. The second kappa shape index (κ2) is 7.68. The van der Waals surface area contributed by atoms with Gasteiger partial charge in [0.15, 0.2) is 4.47 Å². The second-order valence-corrected chi connectivity index (χ2v) is 7.04. The average molecular weight is 363 g/mol. The van der Waals surface area contributed by atoms with Crippen molar-refractivity contribution in [1.29, 1.82) is 0 Å². The number of rotatable bonds is 7. The van der Waals surface area contributed by atoms with Gasteiger partial charge < -0.3 is 10.1 Å². The molecule has 0 amide bonds. The van der Waals surface area contributed by atoms with Gasteiger partial charge in [0.1, 0.15) is 12.4 Å². The van der Waals surface area contributed by atoms with Crippen LogP contribution in [0.4, 0.5) is 5.69 Å². The van der Waals surface area contributed by atoms with Gasteiger partial charge in [-0.15, -0.1) is 11.3 Å². The van der Waals surface area contributed by atoms with Crippen LogP contribution in [0, 0.1) is 6.92 Å². The molecule has 3 rings (SSSR count). The third-order valence-corrected chi connectivity index (χ3v) is 4.73. The summed E-state index contributed by atoms with van der Waals surface area (Å²) >= 11 is 7.31. The van der Waals surface area contributed by atoms with E-state index in [0.29, 0.717) is 17.6 Å². The average Bonchev–Trinajstić information content (AvgIpc) is 3.17. The molecule has 0 fully saturated rings. The first-order chi connectivity index (χ1) is 11.6. The molecule has 0 radical (unpaired) electrons. The van der Waals surface area contributed by atoms with Crippen molar-refractivity contribution < 1.29 is 4.74 Å². The van der Waals surface area contributed by atoms with Crippen LogP contribution in [-0.4, -0.2) is 14.8 Å². The Balaban J connectivity index is 1.53. The molecule has 3 aromatic rings. The zero-order chi connectivity index (χ0) is 16.9. The number of aryl methyl sites for hydroxylation is 2. The predicted octanol–water partition coefficient (Wildman–Crippen LogP) is 4.51. The minimum absolute atomic E-state index is 0.526. The molecule has 0 aliphatic rings. The summed E-state index contributed by atoms with van der Waals surface area (Å²) in [5.41, 5.74) is 3.15. The monoisotopic (exact) mass is 362 g/mol. The maximum Gasteiger partial charge on any atom is 0.183 e. The van der Waals surface area contributed by atoms with Crippen molar-refractivity contribution in [2.75, 3.05) is 5.32 Å². The SMILES string of the molecule is CCn1cc(COc2ccc(NCc3cnc(Cl)s3)cc2)c(C)n1. The van der Waals surface area contributed by atoms with Gasteiger partial charge in [-0.25, -0.2) is 4.98 Å². The Bertz CT molecular complexity index is 797. The van der Waals surface area contributed by atoms with Crippen LogP contribution in [0.25, 0.3) is 0 Å². The quantitative estimate of drug-likeness (QED) is 0.671. The standard InChI is InChI=1S/C17H19ClN4OS/c1-3-22-10-13(12(2)21-22)11-23-15-6-4-14(5-7-15)19-8-16-9-20-17(18)24-16/h4-7,9-10,19H,3,8,11H2,1-2H3. The maximum absolute atomic E-state index is 5.85. The van der Waals surface area contributed by atoms with Crippen LogP contribution in [-0.2, 0) is 19.7 Å². The van der Waals surface area contributed by atoms with Crippen molar-refractivity contribution >= 4 is 28.6 Å². The molecule has 0 unspecified atom stereocenters. The summed E-state index contributed by atoms with van der Waals surface area (Å²) in [5.74, 6) is 0.838. The topological polar surface area (TPSA) is 52.0 Å². The van der Waals surface area contributed by atoms with Crippen LogP contribution < -0.4 is 10.1 Å². The van der Waals surface area contributed by atoms with Gasteiger partial charge in [0, 0.05) is 35.1 Å². The number of aromatic nitrogens is 3. The Morgan fingerprint density at radius 2 is 2.08 bits per heavy atom. The molecule has 0 bridgehead atoms. The highest BCUT2D eigenvalue weighted by molar-refractivity contribution is 7.15. The first-order valence-corrected chi connectivity index (χ1v) is 8.93. The van der Waals surface area contributed by atoms with Crippen molar-refractivity contribution in [2.24, 2.45) is 0 Å². The summed E-state index contributed by atoms with van der Waals surface area (Å²) in [7, 11) is 0. The molecule has 1 aromatic carbocycles. The van der Waals surface area contributed by atoms with E-state index in [-0.39, 0.29) is 0 Å². The molecular formula is C17H19ClN4OS. The lowest BCUT2D eigenvalue weighted by Crippen LogP contribution is -1.98. The fourth-order valence-electron chi connectivity index (χ4n) is 2.25. The number of nitrogens with one attached hydrogen (secondary N) is 1. The molecule has 0 saturated heterocycles. The number of hydrogen-bond donors (Lipinski definition) is 1. The van der Waals surface area contributed by atoms with E-state index < -0.39 is 0 Å². The molecule has 2 heterocycles. The molecular weight excluding hydrogens is 344 g/mol. The van der Waals surface area contributed by atoms with Gasteiger partial charge in [0.2, 0.25) is 0 Å². The minimum Gasteiger partial charge on any atom is -0.489 e. The van der Waals surface area contributed by atoms with E-state index in [1.54, 1.807) is 6.20 Å². The molecule has 126 valence electrons. The minimum atomic E-state index is 0.526. The van der Waals surface area contributed by atoms with Crippen LogP contribution >= 0.6 is 22.9 Å². The maximum atomic E-state index is 5.85. The van der Waals surface area contributed by atoms with Crippen molar-refractivity contribution in [2.45, 2.75) is 33.5 Å². The van der Waals surface area contributed by atoms with Gasteiger partial charge in [-0.1, -0.05) is 11.6 Å². The lowest BCUT2D eigenvalue weighted by Gasteiger charge is -2.08. The summed E-state index contributed by atoms with van der Waals surface area (Å²) in [5, 5.41) is 7.76. The molecule has 2 aromatic heterocycles. The second-order valence-electron chi connectivity index (χ2n) is 5.34. The van der Waals surface area contributed by atoms with Crippen LogP contribution in [0.2, 0.25) is 4.47 Å². The van der Waals surface area contributed by atoms with Gasteiger partial charge in [-0.05, 0) is 38.1 Å². The van der Waals surface area contributed by atoms with Crippen molar-refractivity contribution in [1.82, 2.24) is 14.8 Å². The molecule has 0 saturated carbocycles. The summed E-state index contributed by atoms with van der Waals surface area (Å²) < 4.78 is 8.34. The molecule has 7 heteroatoms. The number of halogens is 1. The molecule has 5 nitrogen and oxygen atoms in total. The highest BCUT2D eigenvalue weighted by Crippen LogP contribution is 2.21. The number of ether oxygens (including phenoxy) is 1. The van der Waals surface area contributed by atoms with Gasteiger partial charge in [0.25, 0.3) is 0 Å². The Morgan fingerprint density at radius 1 is 1.29 bits per heavy atom. The highest BCUT2D eigenvalue weighted by Gasteiger charge is 2.05. The first kappa shape index (κ1) is 16.8. The van der Waals surface area contributed by atoms with E-state index in [1.807, 2.05) is 42.1 Å². The number of nitrogens with zero attached hydrogens (tertiary/aromatic N) is 3. The van der Waals surface area contributed by atoms with E-state index in [1.165, 1.54) is 11.3 Å². The number of thiazole rings is 1. The number of anilines is 1. The van der Waals surface area contributed by atoms with Gasteiger partial charge in [-0.3, -0.25) is 4.68 Å². The third-order valence-electron chi connectivity index (χ3n) is 3.61. The van der Waals surface area contributed by atoms with E-state index in [4.69, 9.17) is 16.3 Å². The van der Waals surface area contributed by atoms with E-state index in [0.717, 1.165) is 34.1 Å². The molecule has 24 heavy (non-hydrogen) atoms. The molecule has 1 N–H and O–H groups in total. The zero-order valence-corrected chi connectivity index (χ0v) is 15.2. The summed E-state index contributed by atoms with van der Waals surface area (Å²) in [6.45, 7) is 6.18. The van der Waals surface area contributed by atoms with Crippen molar-refractivity contribution in [3.8, 4) is 5.75 Å². The molecule has 0 aliphatic heterocycles. The highest BCUT2D eigenvalue weighted by atomic mass is 35.5. The Labute approximate surface area is 150 Å². The Hall–Kier alpha value is -2.05. The third kappa shape index (κ3) is 4.27. The summed E-state index contributed by atoms with van der Waals surface area (Å²) in [6, 6.07) is 7.92. The van der Waals surface area contributed by atoms with Crippen LogP contribution in [0.15, 0.2) is 36.7 Å². The van der Waals surface area contributed by atoms with E-state index in [2.05, 4.69) is 22.3 Å². The summed E-state index contributed by atoms with van der Waals surface area (Å²) in [4.78, 5) is 5.13. The van der Waals surface area contributed by atoms with E-state index >= 15 is 0 Å². The largest absolute Gasteiger partial charge is 0.489 e. The van der Waals surface area contributed by atoms with Crippen molar-refractivity contribution in [3.63, 3.8) is 0 Å². The van der Waals surface area contributed by atoms with Crippen LogP contribution in [0.1, 0.15) is 23.1 Å². The lowest BCUT2D eigenvalue weighted by molar-refractivity contribution is 0.305. The van der Waals surface area contributed by atoms with Crippen LogP contribution in [0.3, 0.4) is 0 Å². The zero-order valence-electron chi connectivity index (χ0n) is 13.6. The molecule has 0 atom stereocenters. The fourth-order valence-corrected chi connectivity index (χ4v) is 3.16. The Kier molecular flexibility index (Phi) is 5.37. The first-order valence-electron chi connectivity index (χ1n) is 7.74. The fraction of sp³-hybridized carbons (Fsp3) is 0.294. The predicted molar refractivity (Wildman–Crippen MR) is 97.9 cm³/mol. The molecule has 0 aliphatic carbocycles. The van der Waals surface area contributed by atoms with Gasteiger partial charge in [-0.2, -0.15) is 5.10 Å².